The summed E-state index contributed by atoms with van der Waals surface area (Å²) in [6, 6.07) is 3.00. The van der Waals surface area contributed by atoms with Gasteiger partial charge in [0.15, 0.2) is 0 Å². The summed E-state index contributed by atoms with van der Waals surface area (Å²) < 4.78 is 15.2. The lowest BCUT2D eigenvalue weighted by atomic mass is 9.93. The molecule has 5 atom stereocenters. The molecule has 126 valence electrons. The van der Waals surface area contributed by atoms with E-state index in [0.717, 1.165) is 0 Å². The molecule has 8 heteroatoms. The van der Waals surface area contributed by atoms with E-state index < -0.39 is 16.9 Å². The second-order valence-corrected chi connectivity index (χ2v) is 7.77. The van der Waals surface area contributed by atoms with Crippen LogP contribution in [0.4, 0.5) is 10.1 Å². The van der Waals surface area contributed by atoms with Crippen molar-refractivity contribution < 1.29 is 9.18 Å². The number of halogens is 2. The molecule has 2 heterocycles. The average Bonchev–Trinajstić information content (AvgIpc) is 2.92. The topological polar surface area (TPSA) is 63.1 Å². The summed E-state index contributed by atoms with van der Waals surface area (Å²) in [4.78, 5) is 24.0. The van der Waals surface area contributed by atoms with Crippen LogP contribution in [0.25, 0.3) is 0 Å². The Bertz CT molecular complexity index is 638. The van der Waals surface area contributed by atoms with Crippen LogP contribution in [0.2, 0.25) is 0 Å². The van der Waals surface area contributed by atoms with Gasteiger partial charge in [-0.2, -0.15) is 0 Å². The fourth-order valence-electron chi connectivity index (χ4n) is 3.01. The Morgan fingerprint density at radius 2 is 2.30 bits per heavy atom. The highest BCUT2D eigenvalue weighted by Gasteiger charge is 2.44. The van der Waals surface area contributed by atoms with Gasteiger partial charge in [0, 0.05) is 30.1 Å². The summed E-state index contributed by atoms with van der Waals surface area (Å²) in [5.41, 5.74) is 0.472. The quantitative estimate of drug-likeness (QED) is 0.810. The lowest BCUT2D eigenvalue weighted by Crippen LogP contribution is -2.45. The molecule has 1 amide bonds. The van der Waals surface area contributed by atoms with Crippen molar-refractivity contribution >= 4 is 35.0 Å². The molecular weight excluding hydrogens is 341 g/mol. The number of carbonyl (C=O) groups is 1. The maximum atomic E-state index is 13.7. The second kappa shape index (κ2) is 6.83. The van der Waals surface area contributed by atoms with Crippen molar-refractivity contribution in [1.82, 2.24) is 9.88 Å². The number of carbonyl (C=O) groups excluding carboxylic acids is 1. The molecule has 1 aromatic heterocycles. The third-order valence-electron chi connectivity index (χ3n) is 4.28. The van der Waals surface area contributed by atoms with Crippen molar-refractivity contribution in [2.24, 2.45) is 0 Å². The molecule has 0 spiro atoms. The molecule has 0 radical (unpaired) electrons. The van der Waals surface area contributed by atoms with Crippen LogP contribution in [0.1, 0.15) is 19.8 Å². The second-order valence-electron chi connectivity index (χ2n) is 5.86. The van der Waals surface area contributed by atoms with E-state index in [4.69, 9.17) is 11.6 Å². The molecule has 1 aliphatic carbocycles. The van der Waals surface area contributed by atoms with Crippen LogP contribution in [0.5, 0.6) is 0 Å². The predicted octanol–water partition coefficient (Wildman–Crippen LogP) is 1.95. The zero-order chi connectivity index (χ0) is 16.6. The summed E-state index contributed by atoms with van der Waals surface area (Å²) in [5.74, 6) is -0.188. The van der Waals surface area contributed by atoms with E-state index >= 15 is 0 Å². The van der Waals surface area contributed by atoms with E-state index in [1.165, 1.54) is 22.4 Å². The SMILES string of the molecule is CCn1cc(NC(=O)C2NC3CC(F)C(Cl)CC3S2)ccc1=O. The lowest BCUT2D eigenvalue weighted by Gasteiger charge is -2.30. The van der Waals surface area contributed by atoms with Gasteiger partial charge in [-0.3, -0.25) is 14.9 Å². The van der Waals surface area contributed by atoms with Crippen molar-refractivity contribution in [1.29, 1.82) is 0 Å². The van der Waals surface area contributed by atoms with Gasteiger partial charge in [-0.15, -0.1) is 23.4 Å². The monoisotopic (exact) mass is 359 g/mol. The molecule has 1 aromatic rings. The summed E-state index contributed by atoms with van der Waals surface area (Å²) in [5, 5.41) is 5.25. The summed E-state index contributed by atoms with van der Waals surface area (Å²) >= 11 is 7.49. The minimum Gasteiger partial charge on any atom is -0.323 e. The van der Waals surface area contributed by atoms with Gasteiger partial charge in [0.05, 0.1) is 11.1 Å². The van der Waals surface area contributed by atoms with Crippen LogP contribution in [0, 0.1) is 0 Å². The number of hydrogen-bond donors (Lipinski definition) is 2. The summed E-state index contributed by atoms with van der Waals surface area (Å²) in [6.07, 6.45) is 1.51. The number of alkyl halides is 2. The molecule has 1 saturated heterocycles. The zero-order valence-corrected chi connectivity index (χ0v) is 14.2. The van der Waals surface area contributed by atoms with Gasteiger partial charge in [0.2, 0.25) is 0 Å². The molecule has 3 rings (SSSR count). The smallest absolute Gasteiger partial charge is 0.251 e. The number of aryl methyl sites for hydroxylation is 1. The van der Waals surface area contributed by atoms with Gasteiger partial charge in [0.1, 0.15) is 11.5 Å². The zero-order valence-electron chi connectivity index (χ0n) is 12.7. The van der Waals surface area contributed by atoms with E-state index in [9.17, 15) is 14.0 Å². The van der Waals surface area contributed by atoms with Crippen molar-refractivity contribution in [3.8, 4) is 0 Å². The third kappa shape index (κ3) is 3.56. The minimum absolute atomic E-state index is 0.0228. The molecule has 0 bridgehead atoms. The largest absolute Gasteiger partial charge is 0.323 e. The number of nitrogens with zero attached hydrogens (tertiary/aromatic N) is 1. The van der Waals surface area contributed by atoms with Gasteiger partial charge < -0.3 is 9.88 Å². The summed E-state index contributed by atoms with van der Waals surface area (Å²) in [6.45, 7) is 2.40. The van der Waals surface area contributed by atoms with Crippen LogP contribution in [0.15, 0.2) is 23.1 Å². The fourth-order valence-corrected chi connectivity index (χ4v) is 4.89. The maximum absolute atomic E-state index is 13.7. The van der Waals surface area contributed by atoms with Gasteiger partial charge in [-0.1, -0.05) is 0 Å². The Kier molecular flexibility index (Phi) is 4.98. The van der Waals surface area contributed by atoms with E-state index in [-0.39, 0.29) is 22.8 Å². The molecule has 0 aromatic carbocycles. The normalized spacial score (nSPS) is 33.3. The van der Waals surface area contributed by atoms with Crippen LogP contribution >= 0.6 is 23.4 Å². The van der Waals surface area contributed by atoms with Crippen molar-refractivity contribution in [3.05, 3.63) is 28.7 Å². The first-order chi connectivity index (χ1) is 11.0. The van der Waals surface area contributed by atoms with Crippen molar-refractivity contribution in [2.45, 2.75) is 54.5 Å². The van der Waals surface area contributed by atoms with Crippen LogP contribution in [-0.2, 0) is 11.3 Å². The van der Waals surface area contributed by atoms with E-state index in [2.05, 4.69) is 10.6 Å². The third-order valence-corrected chi connectivity index (χ3v) is 6.23. The highest BCUT2D eigenvalue weighted by Crippen LogP contribution is 2.39. The van der Waals surface area contributed by atoms with Gasteiger partial charge in [0.25, 0.3) is 11.5 Å². The number of hydrogen-bond acceptors (Lipinski definition) is 4. The van der Waals surface area contributed by atoms with Crippen molar-refractivity contribution in [2.75, 3.05) is 5.32 Å². The van der Waals surface area contributed by atoms with Crippen LogP contribution < -0.4 is 16.2 Å². The summed E-state index contributed by atoms with van der Waals surface area (Å²) in [7, 11) is 0. The molecule has 5 unspecified atom stereocenters. The Balaban J connectivity index is 1.64. The number of thioether (sulfide) groups is 1. The Labute approximate surface area is 143 Å². The molecular formula is C15H19ClFN3O2S. The van der Waals surface area contributed by atoms with Gasteiger partial charge >= 0.3 is 0 Å². The Morgan fingerprint density at radius 1 is 1.52 bits per heavy atom. The molecule has 2 aliphatic rings. The molecule has 2 fully saturated rings. The highest BCUT2D eigenvalue weighted by atomic mass is 35.5. The Hall–Kier alpha value is -1.05. The number of nitrogens with one attached hydrogen (secondary N) is 2. The standard InChI is InChI=1S/C15H19ClFN3O2S/c1-2-20-7-8(3-4-13(20)21)18-14(22)15-19-11-6-10(17)9(16)5-12(11)23-15/h3-4,7,9-12,15,19H,2,5-6H2,1H3,(H,18,22). The first-order valence-corrected chi connectivity index (χ1v) is 9.07. The Morgan fingerprint density at radius 3 is 3.04 bits per heavy atom. The van der Waals surface area contributed by atoms with E-state index in [1.54, 1.807) is 12.3 Å². The van der Waals surface area contributed by atoms with Gasteiger partial charge in [-0.05, 0) is 25.8 Å². The number of pyridine rings is 1. The number of rotatable bonds is 3. The maximum Gasteiger partial charge on any atom is 0.251 e. The fraction of sp³-hybridized carbons (Fsp3) is 0.600. The molecule has 1 aliphatic heterocycles. The van der Waals surface area contributed by atoms with Crippen LogP contribution in [0.3, 0.4) is 0 Å². The number of fused-ring (bicyclic) bond motifs is 1. The van der Waals surface area contributed by atoms with E-state index in [1.807, 2.05) is 6.92 Å². The van der Waals surface area contributed by atoms with Crippen LogP contribution in [-0.4, -0.2) is 38.7 Å². The predicted molar refractivity (Wildman–Crippen MR) is 90.9 cm³/mol. The molecule has 23 heavy (non-hydrogen) atoms. The first-order valence-electron chi connectivity index (χ1n) is 7.69. The number of amides is 1. The first kappa shape index (κ1) is 16.8. The number of aromatic nitrogens is 1. The average molecular weight is 360 g/mol. The molecule has 2 N–H and O–H groups in total. The van der Waals surface area contributed by atoms with E-state index in [0.29, 0.717) is 25.1 Å². The minimum atomic E-state index is -1.03. The highest BCUT2D eigenvalue weighted by molar-refractivity contribution is 8.01. The lowest BCUT2D eigenvalue weighted by molar-refractivity contribution is -0.116. The molecule has 5 nitrogen and oxygen atoms in total. The molecule has 1 saturated carbocycles. The van der Waals surface area contributed by atoms with Crippen molar-refractivity contribution in [3.63, 3.8) is 0 Å². The van der Waals surface area contributed by atoms with Gasteiger partial charge in [-0.25, -0.2) is 4.39 Å². The number of anilines is 1.